The van der Waals surface area contributed by atoms with E-state index in [1.807, 2.05) is 0 Å². The highest BCUT2D eigenvalue weighted by molar-refractivity contribution is 5.36. The summed E-state index contributed by atoms with van der Waals surface area (Å²) in [5.41, 5.74) is 4.30. The van der Waals surface area contributed by atoms with E-state index in [1.165, 1.54) is 16.7 Å². The van der Waals surface area contributed by atoms with Gasteiger partial charge in [-0.15, -0.1) is 0 Å². The summed E-state index contributed by atoms with van der Waals surface area (Å²) in [7, 11) is 0. The van der Waals surface area contributed by atoms with Crippen LogP contribution in [0.5, 0.6) is 0 Å². The Morgan fingerprint density at radius 3 is 2.10 bits per heavy atom. The molecule has 20 heavy (non-hydrogen) atoms. The SMILES string of the molecule is Cc1ccccc1C(NCC(C)(C)C)c1ccccc1. The first-order valence-electron chi connectivity index (χ1n) is 7.31. The third-order valence-electron chi connectivity index (χ3n) is 3.47. The molecule has 0 aromatic heterocycles. The summed E-state index contributed by atoms with van der Waals surface area (Å²) in [5.74, 6) is 0. The molecule has 0 aliphatic rings. The van der Waals surface area contributed by atoms with Crippen LogP contribution in [-0.4, -0.2) is 6.54 Å². The van der Waals surface area contributed by atoms with Crippen LogP contribution in [0.3, 0.4) is 0 Å². The van der Waals surface area contributed by atoms with E-state index in [4.69, 9.17) is 0 Å². The molecule has 106 valence electrons. The number of nitrogens with one attached hydrogen (secondary N) is 1. The van der Waals surface area contributed by atoms with Crippen LogP contribution >= 0.6 is 0 Å². The zero-order chi connectivity index (χ0) is 14.6. The molecule has 1 heteroatoms. The van der Waals surface area contributed by atoms with Gasteiger partial charge in [0.25, 0.3) is 0 Å². The van der Waals surface area contributed by atoms with Crippen LogP contribution in [0.15, 0.2) is 54.6 Å². The van der Waals surface area contributed by atoms with E-state index < -0.39 is 0 Å². The molecular formula is C19H25N. The Balaban J connectivity index is 2.32. The Hall–Kier alpha value is -1.60. The van der Waals surface area contributed by atoms with Crippen molar-refractivity contribution in [2.45, 2.75) is 33.7 Å². The predicted molar refractivity (Wildman–Crippen MR) is 86.9 cm³/mol. The van der Waals surface area contributed by atoms with Crippen molar-refractivity contribution in [1.29, 1.82) is 0 Å². The quantitative estimate of drug-likeness (QED) is 0.845. The molecule has 2 aromatic carbocycles. The topological polar surface area (TPSA) is 12.0 Å². The first-order valence-corrected chi connectivity index (χ1v) is 7.31. The van der Waals surface area contributed by atoms with Crippen molar-refractivity contribution >= 4 is 0 Å². The number of hydrogen-bond donors (Lipinski definition) is 1. The minimum Gasteiger partial charge on any atom is -0.306 e. The lowest BCUT2D eigenvalue weighted by molar-refractivity contribution is 0.365. The van der Waals surface area contributed by atoms with Crippen LogP contribution < -0.4 is 5.32 Å². The normalized spacial score (nSPS) is 13.2. The second-order valence-electron chi connectivity index (χ2n) is 6.64. The van der Waals surface area contributed by atoms with E-state index in [9.17, 15) is 0 Å². The fourth-order valence-electron chi connectivity index (χ4n) is 2.37. The van der Waals surface area contributed by atoms with Crippen LogP contribution in [0.2, 0.25) is 0 Å². The summed E-state index contributed by atoms with van der Waals surface area (Å²) >= 11 is 0. The standard InChI is InChI=1S/C19H25N/c1-15-10-8-9-13-17(15)18(20-14-19(2,3)4)16-11-6-5-7-12-16/h5-13,18,20H,14H2,1-4H3. The van der Waals surface area contributed by atoms with Crippen molar-refractivity contribution in [3.05, 3.63) is 71.3 Å². The van der Waals surface area contributed by atoms with Gasteiger partial charge in [-0.05, 0) is 29.0 Å². The molecule has 0 saturated heterocycles. The number of rotatable bonds is 4. The molecular weight excluding hydrogens is 242 g/mol. The van der Waals surface area contributed by atoms with E-state index >= 15 is 0 Å². The maximum absolute atomic E-state index is 3.73. The summed E-state index contributed by atoms with van der Waals surface area (Å²) in [5, 5.41) is 3.73. The van der Waals surface area contributed by atoms with E-state index in [0.717, 1.165) is 6.54 Å². The third-order valence-corrected chi connectivity index (χ3v) is 3.47. The van der Waals surface area contributed by atoms with Crippen LogP contribution in [0.25, 0.3) is 0 Å². The second kappa shape index (κ2) is 6.23. The summed E-state index contributed by atoms with van der Waals surface area (Å²) in [6.45, 7) is 9.96. The van der Waals surface area contributed by atoms with E-state index in [1.54, 1.807) is 0 Å². The van der Waals surface area contributed by atoms with Crippen molar-refractivity contribution < 1.29 is 0 Å². The summed E-state index contributed by atoms with van der Waals surface area (Å²) in [6, 6.07) is 19.6. The third kappa shape index (κ3) is 3.94. The smallest absolute Gasteiger partial charge is 0.0579 e. The average Bonchev–Trinajstić information content (AvgIpc) is 2.41. The van der Waals surface area contributed by atoms with E-state index in [0.29, 0.717) is 0 Å². The second-order valence-corrected chi connectivity index (χ2v) is 6.64. The van der Waals surface area contributed by atoms with Gasteiger partial charge < -0.3 is 5.32 Å². The highest BCUT2D eigenvalue weighted by Crippen LogP contribution is 2.26. The molecule has 0 heterocycles. The summed E-state index contributed by atoms with van der Waals surface area (Å²) < 4.78 is 0. The molecule has 0 radical (unpaired) electrons. The molecule has 0 aliphatic heterocycles. The van der Waals surface area contributed by atoms with Crippen LogP contribution in [0.4, 0.5) is 0 Å². The maximum atomic E-state index is 3.73. The highest BCUT2D eigenvalue weighted by atomic mass is 14.9. The first-order chi connectivity index (χ1) is 9.47. The molecule has 1 N–H and O–H groups in total. The maximum Gasteiger partial charge on any atom is 0.0579 e. The van der Waals surface area contributed by atoms with Gasteiger partial charge in [-0.25, -0.2) is 0 Å². The van der Waals surface area contributed by atoms with Gasteiger partial charge in [0.1, 0.15) is 0 Å². The first kappa shape index (κ1) is 14.8. The Kier molecular flexibility index (Phi) is 4.61. The Morgan fingerprint density at radius 2 is 1.50 bits per heavy atom. The lowest BCUT2D eigenvalue weighted by Crippen LogP contribution is -2.31. The van der Waals surface area contributed by atoms with Gasteiger partial charge in [0.05, 0.1) is 6.04 Å². The van der Waals surface area contributed by atoms with E-state index in [-0.39, 0.29) is 11.5 Å². The average molecular weight is 267 g/mol. The molecule has 0 saturated carbocycles. The molecule has 0 fully saturated rings. The Morgan fingerprint density at radius 1 is 0.900 bits per heavy atom. The highest BCUT2D eigenvalue weighted by Gasteiger charge is 2.18. The Labute approximate surface area is 123 Å². The molecule has 1 nitrogen and oxygen atoms in total. The molecule has 1 unspecified atom stereocenters. The molecule has 2 rings (SSSR count). The minimum atomic E-state index is 0.261. The van der Waals surface area contributed by atoms with Crippen LogP contribution in [0, 0.1) is 12.3 Å². The van der Waals surface area contributed by atoms with Crippen molar-refractivity contribution in [1.82, 2.24) is 5.32 Å². The van der Waals surface area contributed by atoms with Crippen LogP contribution in [-0.2, 0) is 0 Å². The van der Waals surface area contributed by atoms with Gasteiger partial charge in [0.15, 0.2) is 0 Å². The lowest BCUT2D eigenvalue weighted by Gasteiger charge is -2.26. The number of aryl methyl sites for hydroxylation is 1. The van der Waals surface area contributed by atoms with Crippen molar-refractivity contribution in [2.24, 2.45) is 5.41 Å². The molecule has 1 atom stereocenters. The van der Waals surface area contributed by atoms with Crippen molar-refractivity contribution in [2.75, 3.05) is 6.54 Å². The van der Waals surface area contributed by atoms with Gasteiger partial charge in [0.2, 0.25) is 0 Å². The van der Waals surface area contributed by atoms with Crippen LogP contribution in [0.1, 0.15) is 43.5 Å². The molecule has 2 aromatic rings. The van der Waals surface area contributed by atoms with Gasteiger partial charge in [-0.3, -0.25) is 0 Å². The number of hydrogen-bond acceptors (Lipinski definition) is 1. The summed E-state index contributed by atoms with van der Waals surface area (Å²) in [4.78, 5) is 0. The minimum absolute atomic E-state index is 0.261. The van der Waals surface area contributed by atoms with Gasteiger partial charge in [0, 0.05) is 6.54 Å². The van der Waals surface area contributed by atoms with Crippen molar-refractivity contribution in [3.8, 4) is 0 Å². The molecule has 0 bridgehead atoms. The summed E-state index contributed by atoms with van der Waals surface area (Å²) in [6.07, 6.45) is 0. The fraction of sp³-hybridized carbons (Fsp3) is 0.368. The van der Waals surface area contributed by atoms with Gasteiger partial charge >= 0.3 is 0 Å². The fourth-order valence-corrected chi connectivity index (χ4v) is 2.37. The predicted octanol–water partition coefficient (Wildman–Crippen LogP) is 4.72. The number of benzene rings is 2. The monoisotopic (exact) mass is 267 g/mol. The molecule has 0 spiro atoms. The van der Waals surface area contributed by atoms with Crippen molar-refractivity contribution in [3.63, 3.8) is 0 Å². The Bertz CT molecular complexity index is 537. The lowest BCUT2D eigenvalue weighted by atomic mass is 9.92. The zero-order valence-electron chi connectivity index (χ0n) is 13.0. The van der Waals surface area contributed by atoms with Gasteiger partial charge in [-0.1, -0.05) is 75.4 Å². The zero-order valence-corrected chi connectivity index (χ0v) is 13.0. The van der Waals surface area contributed by atoms with E-state index in [2.05, 4.69) is 87.6 Å². The molecule has 0 amide bonds. The largest absolute Gasteiger partial charge is 0.306 e. The van der Waals surface area contributed by atoms with Gasteiger partial charge in [-0.2, -0.15) is 0 Å². The molecule has 0 aliphatic carbocycles.